The van der Waals surface area contributed by atoms with E-state index in [-0.39, 0.29) is 18.1 Å². The molecule has 0 radical (unpaired) electrons. The van der Waals surface area contributed by atoms with E-state index in [0.29, 0.717) is 11.7 Å². The van der Waals surface area contributed by atoms with Crippen LogP contribution in [0.3, 0.4) is 0 Å². The highest BCUT2D eigenvalue weighted by molar-refractivity contribution is 5.71. The van der Waals surface area contributed by atoms with Gasteiger partial charge >= 0.3 is 5.97 Å². The van der Waals surface area contributed by atoms with Crippen molar-refractivity contribution >= 4 is 5.97 Å². The quantitative estimate of drug-likeness (QED) is 0.182. The highest BCUT2D eigenvalue weighted by atomic mass is 16.6. The van der Waals surface area contributed by atoms with E-state index in [1.54, 1.807) is 6.92 Å². The Morgan fingerprint density at radius 3 is 2.22 bits per heavy atom. The van der Waals surface area contributed by atoms with Crippen molar-refractivity contribution in [3.8, 4) is 0 Å². The summed E-state index contributed by atoms with van der Waals surface area (Å²) >= 11 is 0. The van der Waals surface area contributed by atoms with Gasteiger partial charge in [0.25, 0.3) is 0 Å². The van der Waals surface area contributed by atoms with E-state index in [1.165, 1.54) is 0 Å². The van der Waals surface area contributed by atoms with Crippen LogP contribution in [0.1, 0.15) is 61.3 Å². The lowest BCUT2D eigenvalue weighted by atomic mass is 9.80. The maximum Gasteiger partial charge on any atom is 0.344 e. The summed E-state index contributed by atoms with van der Waals surface area (Å²) in [6, 6.07) is 0. The van der Waals surface area contributed by atoms with Crippen LogP contribution in [0.2, 0.25) is 0 Å². The highest BCUT2D eigenvalue weighted by Crippen LogP contribution is 2.28. The Morgan fingerprint density at radius 1 is 1.15 bits per heavy atom. The molecule has 0 saturated carbocycles. The van der Waals surface area contributed by atoms with Crippen LogP contribution in [0.25, 0.3) is 0 Å². The largest absolute Gasteiger partial charge is 0.482 e. The summed E-state index contributed by atoms with van der Waals surface area (Å²) in [6.45, 7) is 24.5. The average molecular weight is 377 g/mol. The van der Waals surface area contributed by atoms with Crippen LogP contribution < -0.4 is 0 Å². The Balaban J connectivity index is 0. The summed E-state index contributed by atoms with van der Waals surface area (Å²) in [7, 11) is 0. The predicted molar refractivity (Wildman–Crippen MR) is 117 cm³/mol. The van der Waals surface area contributed by atoms with Gasteiger partial charge < -0.3 is 9.47 Å². The summed E-state index contributed by atoms with van der Waals surface area (Å²) in [6.07, 6.45) is 11.2. The van der Waals surface area contributed by atoms with Gasteiger partial charge in [-0.05, 0) is 55.7 Å². The summed E-state index contributed by atoms with van der Waals surface area (Å²) in [5.74, 6) is 0.882. The molecular weight excluding hydrogens is 336 g/mol. The zero-order chi connectivity index (χ0) is 21.5. The van der Waals surface area contributed by atoms with Gasteiger partial charge in [-0.3, -0.25) is 0 Å². The summed E-state index contributed by atoms with van der Waals surface area (Å²) < 4.78 is 10.9. The molecule has 2 unspecified atom stereocenters. The molecule has 0 bridgehead atoms. The van der Waals surface area contributed by atoms with Gasteiger partial charge in [-0.15, -0.1) is 13.2 Å². The van der Waals surface area contributed by atoms with Crippen molar-refractivity contribution in [1.29, 1.82) is 0 Å². The highest BCUT2D eigenvalue weighted by Gasteiger charge is 2.18. The van der Waals surface area contributed by atoms with Gasteiger partial charge in [-0.2, -0.15) is 0 Å². The Hall–Kier alpha value is -2.03. The number of carbonyl (C=O) groups is 1. The van der Waals surface area contributed by atoms with E-state index in [0.717, 1.165) is 18.4 Å². The molecule has 0 aromatic heterocycles. The van der Waals surface area contributed by atoms with Gasteiger partial charge in [0, 0.05) is 0 Å². The Morgan fingerprint density at radius 2 is 1.74 bits per heavy atom. The number of rotatable bonds is 10. The third-order valence-corrected chi connectivity index (χ3v) is 4.22. The fourth-order valence-corrected chi connectivity index (χ4v) is 1.92. The topological polar surface area (TPSA) is 35.5 Å². The second kappa shape index (κ2) is 15.1. The van der Waals surface area contributed by atoms with Crippen LogP contribution in [0.15, 0.2) is 61.4 Å². The van der Waals surface area contributed by atoms with Crippen molar-refractivity contribution in [3.05, 3.63) is 61.4 Å². The van der Waals surface area contributed by atoms with E-state index >= 15 is 0 Å². The maximum atomic E-state index is 11.9. The third-order valence-electron chi connectivity index (χ3n) is 4.22. The molecule has 0 aliphatic carbocycles. The number of hydrogen-bond acceptors (Lipinski definition) is 3. The lowest BCUT2D eigenvalue weighted by molar-refractivity contribution is -0.150. The molecule has 0 aromatic rings. The van der Waals surface area contributed by atoms with Gasteiger partial charge in [-0.25, -0.2) is 4.79 Å². The number of allylic oxidation sites excluding steroid dienone is 4. The van der Waals surface area contributed by atoms with E-state index in [4.69, 9.17) is 9.47 Å². The molecular formula is C24H40O3. The monoisotopic (exact) mass is 376 g/mol. The van der Waals surface area contributed by atoms with Crippen molar-refractivity contribution in [1.82, 2.24) is 0 Å². The molecule has 0 rings (SSSR count). The first-order valence-electron chi connectivity index (χ1n) is 9.62. The standard InChI is InChI=1S/C22H36O3.C2H4/c1-9-12-17(3)19(5)25-21(23)16-24-20(13-10-2)15-11-14-18(4)22(6,7)8;1-2/h9,11-13,15,18-19H,3,10,14,16H2,1-2,4-8H3;1-2H2/b12-9-,15-11-,20-13+;. The van der Waals surface area contributed by atoms with Crippen molar-refractivity contribution in [2.75, 3.05) is 6.61 Å². The third kappa shape index (κ3) is 13.8. The lowest BCUT2D eigenvalue weighted by Gasteiger charge is -2.26. The van der Waals surface area contributed by atoms with Gasteiger partial charge in [0.1, 0.15) is 11.9 Å². The number of ether oxygens (including phenoxy) is 2. The van der Waals surface area contributed by atoms with Crippen LogP contribution in [-0.4, -0.2) is 18.7 Å². The summed E-state index contributed by atoms with van der Waals surface area (Å²) in [5, 5.41) is 0. The van der Waals surface area contributed by atoms with Crippen LogP contribution in [-0.2, 0) is 14.3 Å². The molecule has 0 fully saturated rings. The Labute approximate surface area is 167 Å². The molecule has 0 aliphatic heterocycles. The van der Waals surface area contributed by atoms with E-state index in [1.807, 2.05) is 38.2 Å². The van der Waals surface area contributed by atoms with Crippen molar-refractivity contribution in [2.24, 2.45) is 11.3 Å². The van der Waals surface area contributed by atoms with Gasteiger partial charge in [0.05, 0.1) is 0 Å². The molecule has 0 N–H and O–H groups in total. The Kier molecular flexibility index (Phi) is 15.2. The molecule has 0 spiro atoms. The van der Waals surface area contributed by atoms with Crippen LogP contribution in [0, 0.1) is 11.3 Å². The molecule has 0 saturated heterocycles. The molecule has 0 aliphatic rings. The molecule has 27 heavy (non-hydrogen) atoms. The molecule has 0 aromatic carbocycles. The fourth-order valence-electron chi connectivity index (χ4n) is 1.92. The molecule has 0 amide bonds. The zero-order valence-electron chi connectivity index (χ0n) is 18.5. The normalized spacial score (nSPS) is 14.4. The van der Waals surface area contributed by atoms with Crippen molar-refractivity contribution in [2.45, 2.75) is 67.4 Å². The average Bonchev–Trinajstić information content (AvgIpc) is 2.60. The van der Waals surface area contributed by atoms with Gasteiger partial charge in [-0.1, -0.05) is 59.4 Å². The molecule has 3 heteroatoms. The van der Waals surface area contributed by atoms with Crippen molar-refractivity contribution < 1.29 is 14.3 Å². The summed E-state index contributed by atoms with van der Waals surface area (Å²) in [5.41, 5.74) is 1.03. The lowest BCUT2D eigenvalue weighted by Crippen LogP contribution is -2.20. The number of esters is 1. The first-order chi connectivity index (χ1) is 12.6. The van der Waals surface area contributed by atoms with E-state index < -0.39 is 5.97 Å². The molecule has 2 atom stereocenters. The van der Waals surface area contributed by atoms with Crippen LogP contribution >= 0.6 is 0 Å². The first kappa shape index (κ1) is 27.2. The number of hydrogen-bond donors (Lipinski definition) is 0. The molecule has 3 nitrogen and oxygen atoms in total. The first-order valence-corrected chi connectivity index (χ1v) is 9.62. The van der Waals surface area contributed by atoms with Gasteiger partial charge in [0.2, 0.25) is 0 Å². The van der Waals surface area contributed by atoms with E-state index in [9.17, 15) is 4.79 Å². The second-order valence-electron chi connectivity index (χ2n) is 7.42. The molecule has 0 heterocycles. The fraction of sp³-hybridized carbons (Fsp3) is 0.542. The van der Waals surface area contributed by atoms with Crippen molar-refractivity contribution in [3.63, 3.8) is 0 Å². The smallest absolute Gasteiger partial charge is 0.344 e. The minimum atomic E-state index is -0.392. The van der Waals surface area contributed by atoms with E-state index in [2.05, 4.69) is 53.5 Å². The minimum absolute atomic E-state index is 0.0988. The minimum Gasteiger partial charge on any atom is -0.482 e. The van der Waals surface area contributed by atoms with Crippen LogP contribution in [0.5, 0.6) is 0 Å². The Bertz CT molecular complexity index is 518. The molecule has 154 valence electrons. The zero-order valence-corrected chi connectivity index (χ0v) is 18.5. The predicted octanol–water partition coefficient (Wildman–Crippen LogP) is 6.79. The van der Waals surface area contributed by atoms with Crippen LogP contribution in [0.4, 0.5) is 0 Å². The SMILES string of the molecule is C=C.C=C(/C=C\C)C(C)OC(=O)COC(/C=C\CC(C)C(C)(C)C)=C/CC. The van der Waals surface area contributed by atoms with Gasteiger partial charge in [0.15, 0.2) is 6.61 Å². The maximum absolute atomic E-state index is 11.9. The second-order valence-corrected chi connectivity index (χ2v) is 7.42. The number of carbonyl (C=O) groups excluding carboxylic acids is 1. The summed E-state index contributed by atoms with van der Waals surface area (Å²) in [4.78, 5) is 11.9.